The van der Waals surface area contributed by atoms with Gasteiger partial charge in [0.05, 0.1) is 50.2 Å². The molecule has 154 valence electrons. The first-order valence-corrected chi connectivity index (χ1v) is 10.1. The van der Waals surface area contributed by atoms with Gasteiger partial charge < -0.3 is 20.1 Å². The number of fused-ring (bicyclic) bond motifs is 3. The summed E-state index contributed by atoms with van der Waals surface area (Å²) in [7, 11) is 0. The minimum atomic E-state index is -0.276. The molecule has 0 aliphatic carbocycles. The number of morpholine rings is 1. The fourth-order valence-electron chi connectivity index (χ4n) is 4.12. The summed E-state index contributed by atoms with van der Waals surface area (Å²) >= 11 is 5.93. The van der Waals surface area contributed by atoms with E-state index in [0.29, 0.717) is 48.6 Å². The van der Waals surface area contributed by atoms with E-state index in [4.69, 9.17) is 26.8 Å². The number of hydrogen-bond donors (Lipinski definition) is 1. The van der Waals surface area contributed by atoms with Crippen LogP contribution in [0, 0.1) is 0 Å². The third kappa shape index (κ3) is 3.17. The molecule has 1 fully saturated rings. The average molecular weight is 426 g/mol. The molecule has 3 aromatic heterocycles. The Morgan fingerprint density at radius 1 is 1.17 bits per heavy atom. The number of nitrogen functional groups attached to an aromatic ring is 1. The van der Waals surface area contributed by atoms with Crippen molar-refractivity contribution in [2.45, 2.75) is 32.2 Å². The Hall–Kier alpha value is -2.81. The molecule has 0 unspecified atom stereocenters. The van der Waals surface area contributed by atoms with Gasteiger partial charge in [-0.1, -0.05) is 17.7 Å². The van der Waals surface area contributed by atoms with Crippen LogP contribution in [-0.4, -0.2) is 45.0 Å². The molecule has 30 heavy (non-hydrogen) atoms. The zero-order chi connectivity index (χ0) is 20.8. The van der Waals surface area contributed by atoms with Gasteiger partial charge in [-0.05, 0) is 30.2 Å². The van der Waals surface area contributed by atoms with Crippen molar-refractivity contribution in [3.8, 4) is 0 Å². The van der Waals surface area contributed by atoms with Crippen molar-refractivity contribution in [2.24, 2.45) is 0 Å². The van der Waals surface area contributed by atoms with Gasteiger partial charge in [0.25, 0.3) is 5.91 Å². The largest absolute Gasteiger partial charge is 0.383 e. The summed E-state index contributed by atoms with van der Waals surface area (Å²) in [6.45, 7) is 3.68. The van der Waals surface area contributed by atoms with Crippen LogP contribution in [0.4, 0.5) is 5.82 Å². The number of pyridine rings is 3. The summed E-state index contributed by atoms with van der Waals surface area (Å²) in [5.41, 5.74) is 9.77. The number of ether oxygens (including phenoxy) is 2. The number of aromatic nitrogens is 3. The number of rotatable bonds is 2. The maximum Gasteiger partial charge on any atom is 0.273 e. The molecule has 0 radical (unpaired) electrons. The SMILES string of the molecule is C[C@@H]1COC[C@H](c2ccc(Cl)nc2)N1C(=O)c1cc2c3c(c(N)nc2cn1)COC3. The number of nitrogens with zero attached hydrogens (tertiary/aromatic N) is 4. The highest BCUT2D eigenvalue weighted by Crippen LogP contribution is 2.33. The van der Waals surface area contributed by atoms with Gasteiger partial charge in [0, 0.05) is 17.1 Å². The summed E-state index contributed by atoms with van der Waals surface area (Å²) < 4.78 is 11.3. The fourth-order valence-corrected chi connectivity index (χ4v) is 4.24. The van der Waals surface area contributed by atoms with Crippen molar-refractivity contribution in [3.63, 3.8) is 0 Å². The van der Waals surface area contributed by atoms with Crippen molar-refractivity contribution < 1.29 is 14.3 Å². The number of amides is 1. The van der Waals surface area contributed by atoms with Crippen molar-refractivity contribution in [3.05, 3.63) is 58.1 Å². The van der Waals surface area contributed by atoms with Gasteiger partial charge in [-0.3, -0.25) is 4.79 Å². The monoisotopic (exact) mass is 425 g/mol. The van der Waals surface area contributed by atoms with Gasteiger partial charge in [0.2, 0.25) is 0 Å². The van der Waals surface area contributed by atoms with Crippen LogP contribution in [0.25, 0.3) is 10.9 Å². The maximum atomic E-state index is 13.6. The van der Waals surface area contributed by atoms with E-state index < -0.39 is 0 Å². The van der Waals surface area contributed by atoms with Crippen LogP contribution >= 0.6 is 11.6 Å². The smallest absolute Gasteiger partial charge is 0.273 e. The third-order valence-electron chi connectivity index (χ3n) is 5.65. The molecule has 2 aliphatic heterocycles. The molecule has 2 aliphatic rings. The Morgan fingerprint density at radius 2 is 2.00 bits per heavy atom. The molecule has 9 heteroatoms. The average Bonchev–Trinajstić information content (AvgIpc) is 3.25. The second kappa shape index (κ2) is 7.46. The van der Waals surface area contributed by atoms with Crippen LogP contribution in [0.15, 0.2) is 30.6 Å². The lowest BCUT2D eigenvalue weighted by atomic mass is 10.0. The van der Waals surface area contributed by atoms with Crippen molar-refractivity contribution >= 4 is 34.2 Å². The summed E-state index contributed by atoms with van der Waals surface area (Å²) in [4.78, 5) is 28.3. The predicted octanol–water partition coefficient (Wildman–Crippen LogP) is 2.89. The van der Waals surface area contributed by atoms with E-state index in [1.54, 1.807) is 24.5 Å². The van der Waals surface area contributed by atoms with E-state index in [9.17, 15) is 4.79 Å². The Kier molecular flexibility index (Phi) is 4.77. The zero-order valence-corrected chi connectivity index (χ0v) is 17.1. The number of anilines is 1. The van der Waals surface area contributed by atoms with E-state index >= 15 is 0 Å². The van der Waals surface area contributed by atoms with E-state index in [1.165, 1.54) is 0 Å². The summed E-state index contributed by atoms with van der Waals surface area (Å²) in [5.74, 6) is 0.283. The molecule has 2 atom stereocenters. The lowest BCUT2D eigenvalue weighted by Crippen LogP contribution is -2.49. The lowest BCUT2D eigenvalue weighted by molar-refractivity contribution is -0.0319. The van der Waals surface area contributed by atoms with Gasteiger partial charge in [-0.2, -0.15) is 0 Å². The number of halogens is 1. The molecule has 5 heterocycles. The lowest BCUT2D eigenvalue weighted by Gasteiger charge is -2.40. The van der Waals surface area contributed by atoms with Crippen LogP contribution in [-0.2, 0) is 22.7 Å². The molecule has 2 N–H and O–H groups in total. The zero-order valence-electron chi connectivity index (χ0n) is 16.3. The van der Waals surface area contributed by atoms with E-state index in [2.05, 4.69) is 15.0 Å². The molecule has 1 saturated heterocycles. The number of carbonyl (C=O) groups excluding carboxylic acids is 1. The van der Waals surface area contributed by atoms with Gasteiger partial charge in [-0.25, -0.2) is 15.0 Å². The van der Waals surface area contributed by atoms with Gasteiger partial charge in [-0.15, -0.1) is 0 Å². The molecular formula is C21H20ClN5O3. The number of hydrogen-bond acceptors (Lipinski definition) is 7. The van der Waals surface area contributed by atoms with Gasteiger partial charge in [0.1, 0.15) is 16.7 Å². The van der Waals surface area contributed by atoms with Gasteiger partial charge in [0.15, 0.2) is 0 Å². The first-order valence-electron chi connectivity index (χ1n) is 9.69. The highest BCUT2D eigenvalue weighted by atomic mass is 35.5. The molecule has 0 saturated carbocycles. The summed E-state index contributed by atoms with van der Waals surface area (Å²) in [6.07, 6.45) is 3.28. The first kappa shape index (κ1) is 19.2. The summed E-state index contributed by atoms with van der Waals surface area (Å²) in [5, 5.41) is 1.25. The van der Waals surface area contributed by atoms with Crippen LogP contribution in [0.1, 0.15) is 40.1 Å². The number of carbonyl (C=O) groups is 1. The van der Waals surface area contributed by atoms with Crippen LogP contribution in [0.5, 0.6) is 0 Å². The minimum Gasteiger partial charge on any atom is -0.383 e. The Balaban J connectivity index is 1.55. The fraction of sp³-hybridized carbons (Fsp3) is 0.333. The van der Waals surface area contributed by atoms with Gasteiger partial charge >= 0.3 is 0 Å². The van der Waals surface area contributed by atoms with E-state index in [1.807, 2.05) is 17.9 Å². The Morgan fingerprint density at radius 3 is 2.80 bits per heavy atom. The molecule has 0 aromatic carbocycles. The molecule has 8 nitrogen and oxygen atoms in total. The third-order valence-corrected chi connectivity index (χ3v) is 5.87. The molecule has 5 rings (SSSR count). The van der Waals surface area contributed by atoms with Crippen molar-refractivity contribution in [2.75, 3.05) is 18.9 Å². The van der Waals surface area contributed by atoms with E-state index in [0.717, 1.165) is 22.1 Å². The van der Waals surface area contributed by atoms with E-state index in [-0.39, 0.29) is 18.0 Å². The minimum absolute atomic E-state index is 0.122. The quantitative estimate of drug-likeness (QED) is 0.629. The first-order chi connectivity index (χ1) is 14.5. The van der Waals surface area contributed by atoms with Crippen molar-refractivity contribution in [1.82, 2.24) is 19.9 Å². The highest BCUT2D eigenvalue weighted by molar-refractivity contribution is 6.29. The van der Waals surface area contributed by atoms with Crippen LogP contribution in [0.2, 0.25) is 5.15 Å². The Labute approximate surface area is 178 Å². The maximum absolute atomic E-state index is 13.6. The summed E-state index contributed by atoms with van der Waals surface area (Å²) in [6, 6.07) is 4.97. The predicted molar refractivity (Wildman–Crippen MR) is 111 cm³/mol. The molecule has 0 bridgehead atoms. The van der Waals surface area contributed by atoms with Crippen LogP contribution < -0.4 is 5.73 Å². The second-order valence-corrected chi connectivity index (χ2v) is 7.95. The highest BCUT2D eigenvalue weighted by Gasteiger charge is 2.35. The standard InChI is InChI=1S/C21H20ClN5O3/c1-11-7-29-10-18(12-2-3-19(22)25-5-12)27(11)21(28)16-4-13-14-8-30-9-15(14)20(23)26-17(13)6-24-16/h2-6,11,18H,7-10H2,1H3,(H2,23,26)/t11-,18-/m1/s1. The second-order valence-electron chi connectivity index (χ2n) is 7.56. The molecule has 3 aromatic rings. The Bertz CT molecular complexity index is 1140. The van der Waals surface area contributed by atoms with Crippen molar-refractivity contribution in [1.29, 1.82) is 0 Å². The normalized spacial score (nSPS) is 21.1. The molecular weight excluding hydrogens is 406 g/mol. The van der Waals surface area contributed by atoms with Crippen LogP contribution in [0.3, 0.4) is 0 Å². The topological polar surface area (TPSA) is 103 Å². The molecule has 1 amide bonds. The molecule has 0 spiro atoms. The number of nitrogens with two attached hydrogens (primary N) is 1.